The second-order valence-corrected chi connectivity index (χ2v) is 2.59. The number of hydrogen-bond acceptors (Lipinski definition) is 1. The molecular weight excluding hydrogens is 191 g/mol. The molecule has 1 fully saturated rings. The largest absolute Gasteiger partial charge is 1.00 e. The number of amides is 1. The van der Waals surface area contributed by atoms with Crippen LogP contribution >= 0.6 is 0 Å². The maximum atomic E-state index is 10.9. The first-order valence-corrected chi connectivity index (χ1v) is 4.62. The van der Waals surface area contributed by atoms with Crippen molar-refractivity contribution in [3.63, 3.8) is 0 Å². The van der Waals surface area contributed by atoms with Gasteiger partial charge in [0, 0.05) is 13.5 Å². The van der Waals surface area contributed by atoms with Gasteiger partial charge < -0.3 is 10.2 Å². The molecule has 0 aromatic rings. The number of nitrogens with zero attached hydrogens (tertiary/aromatic N) is 2. The fourth-order valence-corrected chi connectivity index (χ4v) is 1.38. The Morgan fingerprint density at radius 3 is 2.31 bits per heavy atom. The molecule has 1 aliphatic rings. The summed E-state index contributed by atoms with van der Waals surface area (Å²) >= 11 is 0. The van der Waals surface area contributed by atoms with Crippen LogP contribution in [0.25, 0.3) is 5.32 Å². The summed E-state index contributed by atoms with van der Waals surface area (Å²) in [6.45, 7) is 6.49. The minimum atomic E-state index is 0. The number of hydrogen-bond donors (Lipinski definition) is 0. The molecule has 0 radical (unpaired) electrons. The maximum Gasteiger partial charge on any atom is 1.00 e. The molecule has 0 spiro atoms. The monoisotopic (exact) mass is 210 g/mol. The molecule has 1 rings (SSSR count). The van der Waals surface area contributed by atoms with Gasteiger partial charge in [0.1, 0.15) is 0 Å². The van der Waals surface area contributed by atoms with E-state index in [0.29, 0.717) is 0 Å². The summed E-state index contributed by atoms with van der Waals surface area (Å²) < 4.78 is 0. The minimum Gasteiger partial charge on any atom is -0.645 e. The van der Waals surface area contributed by atoms with E-state index in [-0.39, 0.29) is 63.5 Å². The second kappa shape index (κ2) is 9.61. The normalized spacial score (nSPS) is 20.0. The van der Waals surface area contributed by atoms with Crippen molar-refractivity contribution in [3.8, 4) is 0 Å². The van der Waals surface area contributed by atoms with Crippen molar-refractivity contribution in [1.82, 2.24) is 4.90 Å². The van der Waals surface area contributed by atoms with E-state index in [0.717, 1.165) is 19.4 Å². The zero-order valence-corrected chi connectivity index (χ0v) is 12.6. The molecule has 1 aliphatic heterocycles. The molecule has 0 aromatic heterocycles. The van der Waals surface area contributed by atoms with E-state index < -0.39 is 0 Å². The Morgan fingerprint density at radius 1 is 1.46 bits per heavy atom. The zero-order chi connectivity index (χ0) is 9.56. The molecule has 0 aliphatic carbocycles. The van der Waals surface area contributed by atoms with Crippen LogP contribution in [0.5, 0.6) is 0 Å². The van der Waals surface area contributed by atoms with E-state index in [4.69, 9.17) is 0 Å². The SMILES string of the molecule is CC.C[N-]C1CCCN1C(C)=O.[K+]. The molecule has 0 bridgehead atoms. The molecule has 72 valence electrons. The van der Waals surface area contributed by atoms with Gasteiger partial charge in [-0.1, -0.05) is 26.4 Å². The van der Waals surface area contributed by atoms with Crippen molar-refractivity contribution in [2.75, 3.05) is 13.6 Å². The third kappa shape index (κ3) is 5.49. The first-order chi connectivity index (χ1) is 5.75. The number of rotatable bonds is 1. The van der Waals surface area contributed by atoms with E-state index in [1.165, 1.54) is 0 Å². The minimum absolute atomic E-state index is 0. The Balaban J connectivity index is 0. The quantitative estimate of drug-likeness (QED) is 0.511. The van der Waals surface area contributed by atoms with Gasteiger partial charge in [0.25, 0.3) is 0 Å². The molecule has 13 heavy (non-hydrogen) atoms. The van der Waals surface area contributed by atoms with Crippen LogP contribution in [0.1, 0.15) is 33.6 Å². The predicted molar refractivity (Wildman–Crippen MR) is 51.0 cm³/mol. The molecule has 1 unspecified atom stereocenters. The van der Waals surface area contributed by atoms with Gasteiger partial charge in [0.15, 0.2) is 0 Å². The Kier molecular flexibility index (Phi) is 12.2. The van der Waals surface area contributed by atoms with Gasteiger partial charge in [0.2, 0.25) is 5.91 Å². The molecule has 0 saturated carbocycles. The first-order valence-electron chi connectivity index (χ1n) is 4.62. The second-order valence-electron chi connectivity index (χ2n) is 2.59. The zero-order valence-electron chi connectivity index (χ0n) is 9.50. The summed E-state index contributed by atoms with van der Waals surface area (Å²) in [7, 11) is 1.77. The summed E-state index contributed by atoms with van der Waals surface area (Å²) in [5.41, 5.74) is 0. The van der Waals surface area contributed by atoms with Gasteiger partial charge in [-0.3, -0.25) is 4.79 Å². The van der Waals surface area contributed by atoms with Crippen LogP contribution < -0.4 is 51.4 Å². The summed E-state index contributed by atoms with van der Waals surface area (Å²) in [4.78, 5) is 12.7. The smallest absolute Gasteiger partial charge is 0.645 e. The van der Waals surface area contributed by atoms with Crippen molar-refractivity contribution in [3.05, 3.63) is 5.32 Å². The van der Waals surface area contributed by atoms with Crippen molar-refractivity contribution in [2.24, 2.45) is 0 Å². The van der Waals surface area contributed by atoms with E-state index >= 15 is 0 Å². The molecule has 1 saturated heterocycles. The van der Waals surface area contributed by atoms with Crippen LogP contribution in [0, 0.1) is 0 Å². The fourth-order valence-electron chi connectivity index (χ4n) is 1.38. The average molecular weight is 210 g/mol. The molecule has 0 aromatic carbocycles. The van der Waals surface area contributed by atoms with Crippen LogP contribution in [-0.2, 0) is 4.79 Å². The predicted octanol–water partition coefficient (Wildman–Crippen LogP) is -1.01. The number of carbonyl (C=O) groups is 1. The van der Waals surface area contributed by atoms with Gasteiger partial charge in [-0.25, -0.2) is 0 Å². The van der Waals surface area contributed by atoms with Crippen LogP contribution in [0.2, 0.25) is 0 Å². The molecule has 3 nitrogen and oxygen atoms in total. The summed E-state index contributed by atoms with van der Waals surface area (Å²) in [5.74, 6) is 0.146. The van der Waals surface area contributed by atoms with Crippen LogP contribution in [0.4, 0.5) is 0 Å². The van der Waals surface area contributed by atoms with E-state index in [2.05, 4.69) is 5.32 Å². The molecule has 1 heterocycles. The Labute approximate surface area is 124 Å². The Morgan fingerprint density at radius 2 is 2.00 bits per heavy atom. The third-order valence-electron chi connectivity index (χ3n) is 1.92. The molecule has 4 heteroatoms. The van der Waals surface area contributed by atoms with Gasteiger partial charge in [-0.05, 0) is 6.42 Å². The molecule has 0 N–H and O–H groups in total. The molecule has 1 amide bonds. The van der Waals surface area contributed by atoms with Gasteiger partial charge >= 0.3 is 51.4 Å². The average Bonchev–Trinajstić information content (AvgIpc) is 2.55. The first kappa shape index (κ1) is 16.5. The van der Waals surface area contributed by atoms with Crippen LogP contribution in [-0.4, -0.2) is 30.6 Å². The summed E-state index contributed by atoms with van der Waals surface area (Å²) in [6, 6.07) is 0. The third-order valence-corrected chi connectivity index (χ3v) is 1.92. The topological polar surface area (TPSA) is 34.4 Å². The van der Waals surface area contributed by atoms with Gasteiger partial charge in [-0.15, -0.1) is 0 Å². The summed E-state index contributed by atoms with van der Waals surface area (Å²) in [5, 5.41) is 4.10. The van der Waals surface area contributed by atoms with Gasteiger partial charge in [0.05, 0.1) is 0 Å². The van der Waals surface area contributed by atoms with E-state index in [9.17, 15) is 4.79 Å². The molecular formula is C9H19KN2O. The fraction of sp³-hybridized carbons (Fsp3) is 0.889. The van der Waals surface area contributed by atoms with Crippen molar-refractivity contribution < 1.29 is 56.2 Å². The number of carbonyl (C=O) groups excluding carboxylic acids is 1. The van der Waals surface area contributed by atoms with Crippen molar-refractivity contribution in [2.45, 2.75) is 39.8 Å². The summed E-state index contributed by atoms with van der Waals surface area (Å²) in [6.07, 6.45) is 2.30. The molecule has 1 atom stereocenters. The Bertz CT molecular complexity index is 142. The van der Waals surface area contributed by atoms with E-state index in [1.807, 2.05) is 18.7 Å². The van der Waals surface area contributed by atoms with Crippen molar-refractivity contribution >= 4 is 5.91 Å². The van der Waals surface area contributed by atoms with Crippen molar-refractivity contribution in [1.29, 1.82) is 0 Å². The number of likely N-dealkylation sites (tertiary alicyclic amines) is 1. The Hall–Kier alpha value is 1.07. The van der Waals surface area contributed by atoms with Crippen LogP contribution in [0.3, 0.4) is 0 Å². The maximum absolute atomic E-state index is 10.9. The standard InChI is InChI=1S/C7H13N2O.C2H6.K/c1-6(10)9-5-3-4-7(9)8-2;1-2;/h7H,3-5H2,1-2H3;1-2H3;/q-1;;+1. The van der Waals surface area contributed by atoms with Crippen LogP contribution in [0.15, 0.2) is 0 Å². The van der Waals surface area contributed by atoms with E-state index in [1.54, 1.807) is 14.0 Å². The van der Waals surface area contributed by atoms with Gasteiger partial charge in [-0.2, -0.15) is 7.05 Å².